The number of hydrogen-bond acceptors (Lipinski definition) is 5. The van der Waals surface area contributed by atoms with Crippen LogP contribution in [0.1, 0.15) is 59.8 Å². The number of carbonyl (C=O) groups is 2. The van der Waals surface area contributed by atoms with Gasteiger partial charge in [0, 0.05) is 12.6 Å². The Kier molecular flexibility index (Phi) is 8.08. The fourth-order valence-corrected chi connectivity index (χ4v) is 4.63. The van der Waals surface area contributed by atoms with E-state index in [-0.39, 0.29) is 30.2 Å². The minimum absolute atomic E-state index is 0.0937. The highest BCUT2D eigenvalue weighted by Gasteiger charge is 2.35. The molecular weight excluding hydrogens is 444 g/mol. The fraction of sp³-hybridized carbons (Fsp3) is 0.357. The number of amides is 2. The molecule has 35 heavy (non-hydrogen) atoms. The lowest BCUT2D eigenvalue weighted by Crippen LogP contribution is -2.46. The third kappa shape index (κ3) is 5.85. The molecule has 184 valence electrons. The van der Waals surface area contributed by atoms with E-state index in [2.05, 4.69) is 5.32 Å². The Balaban J connectivity index is 1.76. The molecule has 0 bridgehead atoms. The Morgan fingerprint density at radius 2 is 1.71 bits per heavy atom. The summed E-state index contributed by atoms with van der Waals surface area (Å²) >= 11 is 0. The molecule has 7 heteroatoms. The number of nitrogens with zero attached hydrogens (tertiary/aromatic N) is 1. The first kappa shape index (κ1) is 24.4. The smallest absolute Gasteiger partial charge is 0.290 e. The van der Waals surface area contributed by atoms with Crippen molar-refractivity contribution in [2.45, 2.75) is 50.7 Å². The van der Waals surface area contributed by atoms with Gasteiger partial charge in [-0.15, -0.1) is 0 Å². The van der Waals surface area contributed by atoms with Crippen molar-refractivity contribution in [1.29, 1.82) is 0 Å². The third-order valence-electron chi connectivity index (χ3n) is 6.42. The highest BCUT2D eigenvalue weighted by atomic mass is 16.5. The highest BCUT2D eigenvalue weighted by molar-refractivity contribution is 5.96. The first-order valence-corrected chi connectivity index (χ1v) is 12.0. The molecule has 0 aliphatic heterocycles. The van der Waals surface area contributed by atoms with Crippen molar-refractivity contribution < 1.29 is 23.5 Å². The van der Waals surface area contributed by atoms with E-state index in [9.17, 15) is 9.59 Å². The SMILES string of the molecule is COc1ccc([C@H](C(=O)NC2CCCCC2)N(Cc2ccccc2)C(=O)c2ccco2)cc1OC. The number of furan rings is 1. The number of ether oxygens (including phenoxy) is 2. The van der Waals surface area contributed by atoms with E-state index >= 15 is 0 Å². The van der Waals surface area contributed by atoms with Gasteiger partial charge in [-0.25, -0.2) is 0 Å². The molecule has 1 fully saturated rings. The normalized spacial score (nSPS) is 14.7. The van der Waals surface area contributed by atoms with Crippen LogP contribution in [0, 0.1) is 0 Å². The van der Waals surface area contributed by atoms with E-state index in [1.54, 1.807) is 49.5 Å². The molecule has 1 N–H and O–H groups in total. The average Bonchev–Trinajstić information content (AvgIpc) is 3.44. The van der Waals surface area contributed by atoms with Crippen LogP contribution in [0.15, 0.2) is 71.3 Å². The monoisotopic (exact) mass is 476 g/mol. The molecule has 1 aromatic heterocycles. The van der Waals surface area contributed by atoms with Gasteiger partial charge < -0.3 is 24.1 Å². The van der Waals surface area contributed by atoms with E-state index in [0.29, 0.717) is 17.1 Å². The van der Waals surface area contributed by atoms with Crippen molar-refractivity contribution in [3.63, 3.8) is 0 Å². The van der Waals surface area contributed by atoms with Gasteiger partial charge in [0.25, 0.3) is 5.91 Å². The van der Waals surface area contributed by atoms with Crippen LogP contribution in [-0.4, -0.2) is 37.0 Å². The van der Waals surface area contributed by atoms with Gasteiger partial charge in [-0.2, -0.15) is 0 Å². The zero-order valence-electron chi connectivity index (χ0n) is 20.2. The first-order chi connectivity index (χ1) is 17.1. The zero-order valence-corrected chi connectivity index (χ0v) is 20.2. The Bertz CT molecular complexity index is 1110. The van der Waals surface area contributed by atoms with E-state index in [0.717, 1.165) is 31.2 Å². The van der Waals surface area contributed by atoms with Crippen LogP contribution in [0.5, 0.6) is 11.5 Å². The molecule has 3 aromatic rings. The molecule has 1 heterocycles. The minimum atomic E-state index is -0.894. The van der Waals surface area contributed by atoms with Crippen molar-refractivity contribution in [3.8, 4) is 11.5 Å². The molecule has 0 radical (unpaired) electrons. The quantitative estimate of drug-likeness (QED) is 0.463. The van der Waals surface area contributed by atoms with Crippen molar-refractivity contribution in [1.82, 2.24) is 10.2 Å². The van der Waals surface area contributed by atoms with Crippen molar-refractivity contribution in [2.75, 3.05) is 14.2 Å². The lowest BCUT2D eigenvalue weighted by Gasteiger charge is -2.33. The molecule has 7 nitrogen and oxygen atoms in total. The van der Waals surface area contributed by atoms with E-state index in [1.807, 2.05) is 30.3 Å². The average molecular weight is 477 g/mol. The lowest BCUT2D eigenvalue weighted by molar-refractivity contribution is -0.127. The van der Waals surface area contributed by atoms with Crippen molar-refractivity contribution >= 4 is 11.8 Å². The summed E-state index contributed by atoms with van der Waals surface area (Å²) in [6.45, 7) is 0.234. The van der Waals surface area contributed by atoms with Crippen LogP contribution in [0.2, 0.25) is 0 Å². The number of benzene rings is 2. The van der Waals surface area contributed by atoms with Crippen LogP contribution >= 0.6 is 0 Å². The van der Waals surface area contributed by atoms with Gasteiger partial charge in [-0.05, 0) is 48.2 Å². The Morgan fingerprint density at radius 3 is 2.37 bits per heavy atom. The summed E-state index contributed by atoms with van der Waals surface area (Å²) in [4.78, 5) is 29.1. The maximum absolute atomic E-state index is 13.9. The predicted octanol–water partition coefficient (Wildman–Crippen LogP) is 5.13. The summed E-state index contributed by atoms with van der Waals surface area (Å²) in [5.41, 5.74) is 1.54. The summed E-state index contributed by atoms with van der Waals surface area (Å²) in [5.74, 6) is 0.634. The summed E-state index contributed by atoms with van der Waals surface area (Å²) in [6, 6.07) is 17.4. The second-order valence-electron chi connectivity index (χ2n) is 8.76. The van der Waals surface area contributed by atoms with Crippen LogP contribution in [-0.2, 0) is 11.3 Å². The molecule has 1 aliphatic rings. The van der Waals surface area contributed by atoms with Gasteiger partial charge in [-0.3, -0.25) is 9.59 Å². The van der Waals surface area contributed by atoms with Gasteiger partial charge in [0.15, 0.2) is 17.3 Å². The number of carbonyl (C=O) groups excluding carboxylic acids is 2. The molecule has 2 amide bonds. The second-order valence-corrected chi connectivity index (χ2v) is 8.76. The molecule has 0 spiro atoms. The van der Waals surface area contributed by atoms with Crippen LogP contribution in [0.3, 0.4) is 0 Å². The molecule has 0 saturated heterocycles. The molecular formula is C28H32N2O5. The summed E-state index contributed by atoms with van der Waals surface area (Å²) in [5, 5.41) is 3.21. The van der Waals surface area contributed by atoms with Gasteiger partial charge >= 0.3 is 0 Å². The molecule has 1 saturated carbocycles. The Morgan fingerprint density at radius 1 is 0.971 bits per heavy atom. The van der Waals surface area contributed by atoms with Gasteiger partial charge in [0.1, 0.15) is 6.04 Å². The van der Waals surface area contributed by atoms with Crippen molar-refractivity contribution in [3.05, 3.63) is 83.8 Å². The summed E-state index contributed by atoms with van der Waals surface area (Å²) in [7, 11) is 3.11. The number of methoxy groups -OCH3 is 2. The first-order valence-electron chi connectivity index (χ1n) is 12.0. The maximum Gasteiger partial charge on any atom is 0.290 e. The number of nitrogens with one attached hydrogen (secondary N) is 1. The maximum atomic E-state index is 13.9. The predicted molar refractivity (Wildman–Crippen MR) is 132 cm³/mol. The summed E-state index contributed by atoms with van der Waals surface area (Å²) in [6.07, 6.45) is 6.70. The standard InChI is InChI=1S/C28H32N2O5/c1-33-23-16-15-21(18-25(23)34-2)26(27(31)29-22-12-7-4-8-13-22)30(19-20-10-5-3-6-11-20)28(32)24-14-9-17-35-24/h3,5-6,9-11,14-18,22,26H,4,7-8,12-13,19H2,1-2H3,(H,29,31)/t26-/m1/s1. The van der Waals surface area contributed by atoms with Gasteiger partial charge in [0.2, 0.25) is 5.91 Å². The molecule has 4 rings (SSSR count). The molecule has 0 unspecified atom stereocenters. The van der Waals surface area contributed by atoms with Gasteiger partial charge in [-0.1, -0.05) is 55.7 Å². The van der Waals surface area contributed by atoms with Crippen molar-refractivity contribution in [2.24, 2.45) is 0 Å². The zero-order chi connectivity index (χ0) is 24.6. The number of hydrogen-bond donors (Lipinski definition) is 1. The summed E-state index contributed by atoms with van der Waals surface area (Å²) < 4.78 is 16.3. The van der Waals surface area contributed by atoms with E-state index < -0.39 is 6.04 Å². The minimum Gasteiger partial charge on any atom is -0.493 e. The van der Waals surface area contributed by atoms with Crippen LogP contribution < -0.4 is 14.8 Å². The van der Waals surface area contributed by atoms with E-state index in [1.165, 1.54) is 12.7 Å². The molecule has 2 aromatic carbocycles. The Labute approximate surface area is 206 Å². The van der Waals surface area contributed by atoms with Gasteiger partial charge in [0.05, 0.1) is 20.5 Å². The highest BCUT2D eigenvalue weighted by Crippen LogP contribution is 2.34. The van der Waals surface area contributed by atoms with Crippen LogP contribution in [0.4, 0.5) is 0 Å². The fourth-order valence-electron chi connectivity index (χ4n) is 4.63. The lowest BCUT2D eigenvalue weighted by atomic mass is 9.94. The topological polar surface area (TPSA) is 81.0 Å². The second kappa shape index (κ2) is 11.6. The third-order valence-corrected chi connectivity index (χ3v) is 6.42. The van der Waals surface area contributed by atoms with E-state index in [4.69, 9.17) is 13.9 Å². The molecule has 1 atom stereocenters. The molecule has 1 aliphatic carbocycles. The Hall–Kier alpha value is -3.74. The number of rotatable bonds is 9. The largest absolute Gasteiger partial charge is 0.493 e. The van der Waals surface area contributed by atoms with Crippen LogP contribution in [0.25, 0.3) is 0 Å².